The summed E-state index contributed by atoms with van der Waals surface area (Å²) >= 11 is 1.75. The molecule has 0 bridgehead atoms. The van der Waals surface area contributed by atoms with Crippen LogP contribution in [0.1, 0.15) is 33.6 Å². The molecule has 0 aromatic heterocycles. The number of aliphatic hydroxyl groups excluding tert-OH is 1. The Labute approximate surface area is 96.6 Å². The second-order valence-electron chi connectivity index (χ2n) is 4.09. The van der Waals surface area contributed by atoms with E-state index in [1.807, 2.05) is 6.26 Å². The van der Waals surface area contributed by atoms with Crippen molar-refractivity contribution in [2.24, 2.45) is 5.41 Å². The van der Waals surface area contributed by atoms with Crippen molar-refractivity contribution >= 4 is 17.7 Å². The van der Waals surface area contributed by atoms with Crippen LogP contribution < -0.4 is 0 Å². The van der Waals surface area contributed by atoms with Crippen molar-refractivity contribution in [3.8, 4) is 0 Å². The highest BCUT2D eigenvalue weighted by Crippen LogP contribution is 2.26. The zero-order valence-corrected chi connectivity index (χ0v) is 10.9. The summed E-state index contributed by atoms with van der Waals surface area (Å²) in [4.78, 5) is 11.6. The Kier molecular flexibility index (Phi) is 7.02. The lowest BCUT2D eigenvalue weighted by atomic mass is 9.84. The number of esters is 1. The Bertz CT molecular complexity index is 192. The third kappa shape index (κ3) is 4.89. The molecule has 0 aliphatic carbocycles. The highest BCUT2D eigenvalue weighted by molar-refractivity contribution is 7.98. The molecule has 0 rings (SSSR count). The summed E-state index contributed by atoms with van der Waals surface area (Å²) in [5.74, 6) is 0.692. The van der Waals surface area contributed by atoms with E-state index in [0.29, 0.717) is 13.0 Å². The fraction of sp³-hybridized carbons (Fsp3) is 0.909. The van der Waals surface area contributed by atoms with E-state index in [1.165, 1.54) is 0 Å². The van der Waals surface area contributed by atoms with Gasteiger partial charge in [0.1, 0.15) is 0 Å². The number of carbonyl (C=O) groups excluding carboxylic acids is 1. The summed E-state index contributed by atoms with van der Waals surface area (Å²) in [6.07, 6.45) is 2.98. The van der Waals surface area contributed by atoms with Crippen LogP contribution in [-0.2, 0) is 9.53 Å². The molecule has 0 heterocycles. The molecule has 0 saturated carbocycles. The first-order chi connectivity index (χ1) is 6.96. The van der Waals surface area contributed by atoms with E-state index in [4.69, 9.17) is 4.74 Å². The van der Waals surface area contributed by atoms with Crippen molar-refractivity contribution in [3.63, 3.8) is 0 Å². The number of thioether (sulfide) groups is 1. The summed E-state index contributed by atoms with van der Waals surface area (Å²) in [5.41, 5.74) is -0.797. The summed E-state index contributed by atoms with van der Waals surface area (Å²) in [5, 5.41) is 9.89. The fourth-order valence-corrected chi connectivity index (χ4v) is 1.69. The van der Waals surface area contributed by atoms with Crippen molar-refractivity contribution in [3.05, 3.63) is 0 Å². The van der Waals surface area contributed by atoms with Gasteiger partial charge in [0.05, 0.1) is 18.1 Å². The van der Waals surface area contributed by atoms with Gasteiger partial charge in [-0.2, -0.15) is 11.8 Å². The highest BCUT2D eigenvalue weighted by atomic mass is 32.2. The van der Waals surface area contributed by atoms with Gasteiger partial charge < -0.3 is 9.84 Å². The van der Waals surface area contributed by atoms with Crippen molar-refractivity contribution in [2.75, 3.05) is 18.6 Å². The third-order valence-corrected chi connectivity index (χ3v) is 3.16. The van der Waals surface area contributed by atoms with Gasteiger partial charge in [-0.15, -0.1) is 0 Å². The lowest BCUT2D eigenvalue weighted by molar-refractivity contribution is -0.160. The number of rotatable bonds is 7. The summed E-state index contributed by atoms with van der Waals surface area (Å²) < 4.78 is 4.93. The molecule has 1 atom stereocenters. The number of hydrogen-bond acceptors (Lipinski definition) is 4. The van der Waals surface area contributed by atoms with Crippen molar-refractivity contribution in [1.29, 1.82) is 0 Å². The molecular formula is C11H22O3S. The normalized spacial score (nSPS) is 13.7. The van der Waals surface area contributed by atoms with Crippen LogP contribution in [0.25, 0.3) is 0 Å². The van der Waals surface area contributed by atoms with E-state index >= 15 is 0 Å². The smallest absolute Gasteiger partial charge is 0.314 e. The molecule has 0 saturated heterocycles. The quantitative estimate of drug-likeness (QED) is 0.541. The van der Waals surface area contributed by atoms with Crippen LogP contribution in [0.2, 0.25) is 0 Å². The van der Waals surface area contributed by atoms with Crippen molar-refractivity contribution in [2.45, 2.75) is 39.7 Å². The summed E-state index contributed by atoms with van der Waals surface area (Å²) in [6, 6.07) is 0. The van der Waals surface area contributed by atoms with E-state index in [9.17, 15) is 9.90 Å². The Hall–Kier alpha value is -0.220. The minimum atomic E-state index is -0.797. The minimum Gasteiger partial charge on any atom is -0.466 e. The second kappa shape index (κ2) is 7.12. The number of aliphatic hydroxyl groups is 1. The van der Waals surface area contributed by atoms with E-state index in [-0.39, 0.29) is 5.97 Å². The Morgan fingerprint density at radius 1 is 1.53 bits per heavy atom. The average molecular weight is 234 g/mol. The van der Waals surface area contributed by atoms with Crippen LogP contribution in [0.4, 0.5) is 0 Å². The van der Waals surface area contributed by atoms with E-state index in [1.54, 1.807) is 32.5 Å². The first-order valence-corrected chi connectivity index (χ1v) is 6.70. The average Bonchev–Trinajstić information content (AvgIpc) is 2.18. The minimum absolute atomic E-state index is 0.318. The largest absolute Gasteiger partial charge is 0.466 e. The molecule has 0 spiro atoms. The number of carbonyl (C=O) groups is 1. The van der Waals surface area contributed by atoms with Crippen LogP contribution in [0, 0.1) is 5.41 Å². The van der Waals surface area contributed by atoms with Crippen LogP contribution in [0.15, 0.2) is 0 Å². The molecular weight excluding hydrogens is 212 g/mol. The van der Waals surface area contributed by atoms with Gasteiger partial charge in [0.15, 0.2) is 0 Å². The predicted octanol–water partition coefficient (Wildman–Crippen LogP) is 2.08. The van der Waals surface area contributed by atoms with Gasteiger partial charge in [0.2, 0.25) is 0 Å². The van der Waals surface area contributed by atoms with Crippen LogP contribution in [0.5, 0.6) is 0 Å². The monoisotopic (exact) mass is 234 g/mol. The van der Waals surface area contributed by atoms with Crippen molar-refractivity contribution in [1.82, 2.24) is 0 Å². The summed E-state index contributed by atoms with van der Waals surface area (Å²) in [7, 11) is 0. The first kappa shape index (κ1) is 14.8. The SMILES string of the molecule is CCOC(=O)C(C)(C)C(O)CCCSC. The van der Waals surface area contributed by atoms with Gasteiger partial charge in [-0.25, -0.2) is 0 Å². The maximum atomic E-state index is 11.6. The van der Waals surface area contributed by atoms with Crippen LogP contribution in [0.3, 0.4) is 0 Å². The Morgan fingerprint density at radius 2 is 2.13 bits per heavy atom. The number of ether oxygens (including phenoxy) is 1. The molecule has 15 heavy (non-hydrogen) atoms. The molecule has 0 aromatic rings. The maximum absolute atomic E-state index is 11.6. The van der Waals surface area contributed by atoms with E-state index in [2.05, 4.69) is 0 Å². The maximum Gasteiger partial charge on any atom is 0.314 e. The molecule has 0 aliphatic rings. The lowest BCUT2D eigenvalue weighted by Gasteiger charge is -2.28. The van der Waals surface area contributed by atoms with Crippen LogP contribution in [-0.4, -0.2) is 35.8 Å². The third-order valence-electron chi connectivity index (χ3n) is 2.46. The van der Waals surface area contributed by atoms with E-state index in [0.717, 1.165) is 12.2 Å². The Balaban J connectivity index is 4.12. The molecule has 0 amide bonds. The zero-order valence-electron chi connectivity index (χ0n) is 10.1. The fourth-order valence-electron chi connectivity index (χ4n) is 1.24. The molecule has 1 unspecified atom stereocenters. The Morgan fingerprint density at radius 3 is 2.60 bits per heavy atom. The topological polar surface area (TPSA) is 46.5 Å². The molecule has 1 N–H and O–H groups in total. The number of hydrogen-bond donors (Lipinski definition) is 1. The lowest BCUT2D eigenvalue weighted by Crippen LogP contribution is -2.38. The predicted molar refractivity (Wildman–Crippen MR) is 64.0 cm³/mol. The molecule has 0 aliphatic heterocycles. The second-order valence-corrected chi connectivity index (χ2v) is 5.08. The zero-order chi connectivity index (χ0) is 11.9. The first-order valence-electron chi connectivity index (χ1n) is 5.31. The van der Waals surface area contributed by atoms with Crippen LogP contribution >= 0.6 is 11.8 Å². The van der Waals surface area contributed by atoms with Gasteiger partial charge in [-0.3, -0.25) is 4.79 Å². The molecule has 90 valence electrons. The molecule has 0 aromatic carbocycles. The standard InChI is InChI=1S/C11H22O3S/c1-5-14-10(13)11(2,3)9(12)7-6-8-15-4/h9,12H,5-8H2,1-4H3. The van der Waals surface area contributed by atoms with Gasteiger partial charge in [-0.1, -0.05) is 0 Å². The van der Waals surface area contributed by atoms with E-state index < -0.39 is 11.5 Å². The van der Waals surface area contributed by atoms with Gasteiger partial charge in [0, 0.05) is 0 Å². The molecule has 0 fully saturated rings. The molecule has 3 nitrogen and oxygen atoms in total. The van der Waals surface area contributed by atoms with Crippen molar-refractivity contribution < 1.29 is 14.6 Å². The molecule has 4 heteroatoms. The van der Waals surface area contributed by atoms with Gasteiger partial charge >= 0.3 is 5.97 Å². The molecule has 0 radical (unpaired) electrons. The highest BCUT2D eigenvalue weighted by Gasteiger charge is 2.36. The van der Waals surface area contributed by atoms with Gasteiger partial charge in [0.25, 0.3) is 0 Å². The summed E-state index contributed by atoms with van der Waals surface area (Å²) in [6.45, 7) is 5.59. The van der Waals surface area contributed by atoms with Gasteiger partial charge in [-0.05, 0) is 45.6 Å².